The Morgan fingerprint density at radius 3 is 2.33 bits per heavy atom. The van der Waals surface area contributed by atoms with Crippen LogP contribution in [-0.2, 0) is 0 Å². The van der Waals surface area contributed by atoms with Gasteiger partial charge >= 0.3 is 0 Å². The maximum absolute atomic E-state index is 10.9. The molecule has 102 valence electrons. The lowest BCUT2D eigenvalue weighted by atomic mass is 9.95. The Morgan fingerprint density at radius 2 is 1.43 bits per heavy atom. The topological polar surface area (TPSA) is 20.2 Å². The summed E-state index contributed by atoms with van der Waals surface area (Å²) in [5, 5.41) is 16.4. The molecule has 1 aromatic heterocycles. The smallest absolute Gasteiger partial charge is 0.106 e. The summed E-state index contributed by atoms with van der Waals surface area (Å²) in [7, 11) is 0. The third kappa shape index (κ3) is 2.04. The van der Waals surface area contributed by atoms with E-state index in [1.165, 1.54) is 5.39 Å². The molecule has 1 N–H and O–H groups in total. The second kappa shape index (κ2) is 4.99. The Kier molecular flexibility index (Phi) is 2.99. The summed E-state index contributed by atoms with van der Waals surface area (Å²) in [4.78, 5) is 0. The third-order valence-corrected chi connectivity index (χ3v) is 4.90. The van der Waals surface area contributed by atoms with Gasteiger partial charge in [0.15, 0.2) is 0 Å². The van der Waals surface area contributed by atoms with E-state index >= 15 is 0 Å². The summed E-state index contributed by atoms with van der Waals surface area (Å²) >= 11 is 1.68. The average Bonchev–Trinajstić information content (AvgIpc) is 3.02. The van der Waals surface area contributed by atoms with Crippen molar-refractivity contribution in [3.05, 3.63) is 83.2 Å². The van der Waals surface area contributed by atoms with Gasteiger partial charge in [0.2, 0.25) is 0 Å². The van der Waals surface area contributed by atoms with Crippen molar-refractivity contribution in [3.63, 3.8) is 0 Å². The minimum absolute atomic E-state index is 0.599. The predicted octanol–water partition coefficient (Wildman–Crippen LogP) is 5.14. The number of hydrogen-bond donors (Lipinski definition) is 1. The van der Waals surface area contributed by atoms with Crippen LogP contribution in [0, 0.1) is 0 Å². The van der Waals surface area contributed by atoms with Gasteiger partial charge in [0.25, 0.3) is 0 Å². The van der Waals surface area contributed by atoms with Crippen LogP contribution in [0.3, 0.4) is 0 Å². The van der Waals surface area contributed by atoms with Gasteiger partial charge in [-0.05, 0) is 33.2 Å². The molecule has 4 rings (SSSR count). The zero-order valence-corrected chi connectivity index (χ0v) is 12.2. The molecule has 1 unspecified atom stereocenters. The van der Waals surface area contributed by atoms with Gasteiger partial charge < -0.3 is 5.11 Å². The number of aliphatic hydroxyl groups is 1. The molecule has 0 aliphatic heterocycles. The quantitative estimate of drug-likeness (QED) is 0.542. The van der Waals surface area contributed by atoms with E-state index in [0.29, 0.717) is 0 Å². The number of fused-ring (bicyclic) bond motifs is 2. The van der Waals surface area contributed by atoms with Gasteiger partial charge in [0.05, 0.1) is 0 Å². The molecular weight excluding hydrogens is 276 g/mol. The molecule has 0 amide bonds. The number of aliphatic hydroxyl groups excluding tert-OH is 1. The van der Waals surface area contributed by atoms with Gasteiger partial charge in [-0.3, -0.25) is 0 Å². The number of hydrogen-bond acceptors (Lipinski definition) is 2. The van der Waals surface area contributed by atoms with E-state index < -0.39 is 6.10 Å². The van der Waals surface area contributed by atoms with Gasteiger partial charge in [-0.15, -0.1) is 11.3 Å². The van der Waals surface area contributed by atoms with Crippen molar-refractivity contribution < 1.29 is 5.11 Å². The van der Waals surface area contributed by atoms with Gasteiger partial charge in [-0.2, -0.15) is 0 Å². The van der Waals surface area contributed by atoms with Crippen LogP contribution in [-0.4, -0.2) is 5.11 Å². The van der Waals surface area contributed by atoms with E-state index in [-0.39, 0.29) is 0 Å². The number of thiophene rings is 1. The Labute approximate surface area is 127 Å². The van der Waals surface area contributed by atoms with Crippen LogP contribution in [0.5, 0.6) is 0 Å². The maximum atomic E-state index is 10.9. The highest BCUT2D eigenvalue weighted by Gasteiger charge is 2.16. The van der Waals surface area contributed by atoms with E-state index in [4.69, 9.17) is 0 Å². The summed E-state index contributed by atoms with van der Waals surface area (Å²) in [5.41, 5.74) is 1.95. The molecule has 0 fully saturated rings. The van der Waals surface area contributed by atoms with E-state index in [1.807, 2.05) is 36.4 Å². The molecule has 0 radical (unpaired) electrons. The van der Waals surface area contributed by atoms with E-state index in [0.717, 1.165) is 26.6 Å². The van der Waals surface area contributed by atoms with Crippen molar-refractivity contribution in [2.45, 2.75) is 6.10 Å². The molecule has 3 aromatic carbocycles. The summed E-state index contributed by atoms with van der Waals surface area (Å²) in [6.07, 6.45) is -0.599. The maximum Gasteiger partial charge on any atom is 0.106 e. The van der Waals surface area contributed by atoms with E-state index in [1.54, 1.807) is 11.3 Å². The van der Waals surface area contributed by atoms with E-state index in [9.17, 15) is 5.11 Å². The van der Waals surface area contributed by atoms with Crippen LogP contribution < -0.4 is 0 Å². The predicted molar refractivity (Wildman–Crippen MR) is 89.8 cm³/mol. The average molecular weight is 290 g/mol. The number of rotatable bonds is 2. The van der Waals surface area contributed by atoms with Gasteiger partial charge in [0, 0.05) is 10.3 Å². The second-order valence-electron chi connectivity index (χ2n) is 5.16. The zero-order chi connectivity index (χ0) is 14.2. The molecule has 1 nitrogen and oxygen atoms in total. The Morgan fingerprint density at radius 1 is 0.714 bits per heavy atom. The van der Waals surface area contributed by atoms with Crippen LogP contribution in [0.1, 0.15) is 17.2 Å². The van der Waals surface area contributed by atoms with Crippen LogP contribution in [0.15, 0.2) is 72.1 Å². The Balaban J connectivity index is 1.94. The van der Waals surface area contributed by atoms with Gasteiger partial charge in [0.1, 0.15) is 6.10 Å². The lowest BCUT2D eigenvalue weighted by Crippen LogP contribution is -2.00. The summed E-state index contributed by atoms with van der Waals surface area (Å²) in [5.74, 6) is 0. The van der Waals surface area contributed by atoms with Gasteiger partial charge in [-0.25, -0.2) is 0 Å². The molecule has 1 atom stereocenters. The lowest BCUT2D eigenvalue weighted by molar-refractivity contribution is 0.223. The normalized spacial score (nSPS) is 12.8. The highest BCUT2D eigenvalue weighted by molar-refractivity contribution is 7.17. The van der Waals surface area contributed by atoms with Crippen LogP contribution in [0.4, 0.5) is 0 Å². The van der Waals surface area contributed by atoms with Crippen LogP contribution >= 0.6 is 11.3 Å². The fraction of sp³-hybridized carbons (Fsp3) is 0.0526. The standard InChI is InChI=1S/C19H14OS/c20-18(17-10-4-7-14-11-12-21-19(14)17)16-9-3-6-13-5-1-2-8-15(13)16/h1-12,18,20H. The molecule has 0 saturated heterocycles. The molecule has 1 heterocycles. The fourth-order valence-corrected chi connectivity index (χ4v) is 3.83. The van der Waals surface area contributed by atoms with Crippen molar-refractivity contribution in [2.24, 2.45) is 0 Å². The largest absolute Gasteiger partial charge is 0.384 e. The van der Waals surface area contributed by atoms with Crippen molar-refractivity contribution in [1.29, 1.82) is 0 Å². The van der Waals surface area contributed by atoms with Gasteiger partial charge in [-0.1, -0.05) is 60.7 Å². The highest BCUT2D eigenvalue weighted by atomic mass is 32.1. The first-order valence-corrected chi connectivity index (χ1v) is 7.84. The summed E-state index contributed by atoms with van der Waals surface area (Å²) in [6.45, 7) is 0. The van der Waals surface area contributed by atoms with Crippen LogP contribution in [0.2, 0.25) is 0 Å². The Bertz CT molecular complexity index is 918. The van der Waals surface area contributed by atoms with Crippen molar-refractivity contribution in [2.75, 3.05) is 0 Å². The highest BCUT2D eigenvalue weighted by Crippen LogP contribution is 2.34. The first-order chi connectivity index (χ1) is 10.3. The molecule has 4 aromatic rings. The first kappa shape index (κ1) is 12.6. The number of benzene rings is 3. The zero-order valence-electron chi connectivity index (χ0n) is 11.4. The van der Waals surface area contributed by atoms with Crippen molar-refractivity contribution in [1.82, 2.24) is 0 Å². The molecule has 2 heteroatoms. The monoisotopic (exact) mass is 290 g/mol. The third-order valence-electron chi connectivity index (χ3n) is 3.92. The molecular formula is C19H14OS. The second-order valence-corrected chi connectivity index (χ2v) is 6.07. The molecule has 0 aliphatic rings. The van der Waals surface area contributed by atoms with Crippen molar-refractivity contribution >= 4 is 32.2 Å². The first-order valence-electron chi connectivity index (χ1n) is 6.96. The molecule has 0 aliphatic carbocycles. The minimum atomic E-state index is -0.599. The lowest BCUT2D eigenvalue weighted by Gasteiger charge is -2.15. The minimum Gasteiger partial charge on any atom is -0.384 e. The summed E-state index contributed by atoms with van der Waals surface area (Å²) in [6, 6.07) is 22.5. The molecule has 0 saturated carbocycles. The summed E-state index contributed by atoms with van der Waals surface area (Å²) < 4.78 is 1.16. The molecule has 0 spiro atoms. The molecule has 21 heavy (non-hydrogen) atoms. The van der Waals surface area contributed by atoms with E-state index in [2.05, 4.69) is 35.7 Å². The Hall–Kier alpha value is -2.16. The van der Waals surface area contributed by atoms with Crippen molar-refractivity contribution in [3.8, 4) is 0 Å². The van der Waals surface area contributed by atoms with Crippen LogP contribution in [0.25, 0.3) is 20.9 Å². The fourth-order valence-electron chi connectivity index (χ4n) is 2.89. The SMILES string of the molecule is OC(c1cccc2ccccc12)c1cccc2ccsc12. The molecule has 0 bridgehead atoms.